The lowest BCUT2D eigenvalue weighted by atomic mass is 10.1. The third kappa shape index (κ3) is 7.52. The number of carbonyl (C=O) groups excluding carboxylic acids is 2. The summed E-state index contributed by atoms with van der Waals surface area (Å²) >= 11 is 6.41. The maximum Gasteiger partial charge on any atom is 0.264 e. The van der Waals surface area contributed by atoms with Crippen molar-refractivity contribution in [2.75, 3.05) is 18.0 Å². The molecule has 39 heavy (non-hydrogen) atoms. The van der Waals surface area contributed by atoms with Gasteiger partial charge in [0.15, 0.2) is 0 Å². The molecule has 3 rings (SSSR count). The van der Waals surface area contributed by atoms with Crippen molar-refractivity contribution in [2.24, 2.45) is 0 Å². The van der Waals surface area contributed by atoms with Crippen LogP contribution in [0.5, 0.6) is 5.75 Å². The van der Waals surface area contributed by atoms with Gasteiger partial charge in [0.05, 0.1) is 17.7 Å². The van der Waals surface area contributed by atoms with E-state index >= 15 is 0 Å². The van der Waals surface area contributed by atoms with E-state index in [1.54, 1.807) is 73.7 Å². The fourth-order valence-electron chi connectivity index (χ4n) is 4.11. The first-order valence-electron chi connectivity index (χ1n) is 12.6. The molecule has 1 N–H and O–H groups in total. The Kier molecular flexibility index (Phi) is 10.4. The number of ether oxygens (including phenoxy) is 1. The zero-order chi connectivity index (χ0) is 28.6. The van der Waals surface area contributed by atoms with Crippen LogP contribution in [0.25, 0.3) is 0 Å². The summed E-state index contributed by atoms with van der Waals surface area (Å²) in [6.07, 6.45) is 0.322. The second kappa shape index (κ2) is 13.5. The summed E-state index contributed by atoms with van der Waals surface area (Å²) in [5.74, 6) is -0.329. The van der Waals surface area contributed by atoms with Crippen LogP contribution >= 0.6 is 11.6 Å². The van der Waals surface area contributed by atoms with Crippen LogP contribution in [0.3, 0.4) is 0 Å². The molecule has 208 valence electrons. The second-order valence-corrected chi connectivity index (χ2v) is 11.5. The highest BCUT2D eigenvalue weighted by atomic mass is 35.5. The molecule has 0 aliphatic heterocycles. The van der Waals surface area contributed by atoms with Crippen molar-refractivity contribution in [3.05, 3.63) is 89.4 Å². The molecule has 0 aromatic heterocycles. The van der Waals surface area contributed by atoms with Crippen molar-refractivity contribution < 1.29 is 22.7 Å². The minimum atomic E-state index is -4.14. The SMILES string of the molecule is CCC(C(=O)NC(C)C)N(Cc1ccccc1Cl)C(=O)CN(c1ccc(OC)cc1)S(=O)(=O)c1ccccc1. The molecular weight excluding hydrogens is 538 g/mol. The molecule has 2 amide bonds. The number of hydrogen-bond donors (Lipinski definition) is 1. The largest absolute Gasteiger partial charge is 0.497 e. The number of benzene rings is 3. The van der Waals surface area contributed by atoms with E-state index in [1.165, 1.54) is 24.1 Å². The van der Waals surface area contributed by atoms with Crippen molar-refractivity contribution in [3.63, 3.8) is 0 Å². The summed E-state index contributed by atoms with van der Waals surface area (Å²) in [6.45, 7) is 4.98. The smallest absolute Gasteiger partial charge is 0.264 e. The van der Waals surface area contributed by atoms with Gasteiger partial charge in [-0.15, -0.1) is 0 Å². The van der Waals surface area contributed by atoms with E-state index in [9.17, 15) is 18.0 Å². The standard InChI is InChI=1S/C29H34ClN3O5S/c1-5-27(29(35)31-21(2)3)32(19-22-11-9-10-14-26(22)30)28(34)20-33(23-15-17-24(38-4)18-16-23)39(36,37)25-12-7-6-8-13-25/h6-18,21,27H,5,19-20H2,1-4H3,(H,31,35). The second-order valence-electron chi connectivity index (χ2n) is 9.22. The lowest BCUT2D eigenvalue weighted by molar-refractivity contribution is -0.140. The lowest BCUT2D eigenvalue weighted by Crippen LogP contribution is -2.53. The highest BCUT2D eigenvalue weighted by molar-refractivity contribution is 7.92. The van der Waals surface area contributed by atoms with E-state index in [4.69, 9.17) is 16.3 Å². The quantitative estimate of drug-likeness (QED) is 0.334. The van der Waals surface area contributed by atoms with E-state index in [0.717, 1.165) is 4.31 Å². The molecule has 0 spiro atoms. The Balaban J connectivity index is 2.06. The number of rotatable bonds is 12. The van der Waals surface area contributed by atoms with Gasteiger partial charge in [-0.3, -0.25) is 13.9 Å². The molecule has 8 nitrogen and oxygen atoms in total. The Labute approximate surface area is 235 Å². The van der Waals surface area contributed by atoms with Gasteiger partial charge in [-0.05, 0) is 68.3 Å². The first-order valence-corrected chi connectivity index (χ1v) is 14.4. The Morgan fingerprint density at radius 3 is 2.13 bits per heavy atom. The summed E-state index contributed by atoms with van der Waals surface area (Å²) in [7, 11) is -2.63. The maximum absolute atomic E-state index is 14.0. The third-order valence-electron chi connectivity index (χ3n) is 6.09. The number of halogens is 1. The minimum absolute atomic E-state index is 0.0321. The lowest BCUT2D eigenvalue weighted by Gasteiger charge is -2.33. The number of sulfonamides is 1. The minimum Gasteiger partial charge on any atom is -0.497 e. The maximum atomic E-state index is 14.0. The zero-order valence-electron chi connectivity index (χ0n) is 22.5. The van der Waals surface area contributed by atoms with Gasteiger partial charge in [-0.25, -0.2) is 8.42 Å². The summed E-state index contributed by atoms with van der Waals surface area (Å²) in [5.41, 5.74) is 0.926. The number of nitrogens with zero attached hydrogens (tertiary/aromatic N) is 2. The van der Waals surface area contributed by atoms with Crippen molar-refractivity contribution >= 4 is 39.1 Å². The number of anilines is 1. The highest BCUT2D eigenvalue weighted by Gasteiger charge is 2.34. The van der Waals surface area contributed by atoms with Crippen LogP contribution in [0, 0.1) is 0 Å². The van der Waals surface area contributed by atoms with Gasteiger partial charge in [0.1, 0.15) is 18.3 Å². The van der Waals surface area contributed by atoms with Crippen molar-refractivity contribution in [3.8, 4) is 5.75 Å². The Bertz CT molecular complexity index is 1370. The van der Waals surface area contributed by atoms with Gasteiger partial charge in [-0.2, -0.15) is 0 Å². The number of amides is 2. The molecule has 1 unspecified atom stereocenters. The molecule has 0 heterocycles. The molecule has 0 fully saturated rings. The van der Waals surface area contributed by atoms with Crippen LogP contribution < -0.4 is 14.4 Å². The van der Waals surface area contributed by atoms with E-state index in [-0.39, 0.29) is 29.1 Å². The summed E-state index contributed by atoms with van der Waals surface area (Å²) in [6, 6.07) is 20.4. The molecule has 0 saturated carbocycles. The molecule has 0 aliphatic rings. The molecule has 10 heteroatoms. The number of carbonyl (C=O) groups is 2. The first-order chi connectivity index (χ1) is 18.6. The molecule has 0 radical (unpaired) electrons. The predicted octanol–water partition coefficient (Wildman–Crippen LogP) is 4.88. The highest BCUT2D eigenvalue weighted by Crippen LogP contribution is 2.27. The first kappa shape index (κ1) is 30.0. The molecule has 0 bridgehead atoms. The zero-order valence-corrected chi connectivity index (χ0v) is 24.1. The molecule has 0 aliphatic carbocycles. The number of methoxy groups -OCH3 is 1. The van der Waals surface area contributed by atoms with Crippen molar-refractivity contribution in [1.82, 2.24) is 10.2 Å². The van der Waals surface area contributed by atoms with E-state index in [0.29, 0.717) is 22.8 Å². The summed E-state index contributed by atoms with van der Waals surface area (Å²) in [4.78, 5) is 28.6. The van der Waals surface area contributed by atoms with Gasteiger partial charge in [0.2, 0.25) is 11.8 Å². The van der Waals surface area contributed by atoms with E-state index in [1.807, 2.05) is 13.8 Å². The van der Waals surface area contributed by atoms with Gasteiger partial charge in [0.25, 0.3) is 10.0 Å². The van der Waals surface area contributed by atoms with Crippen LogP contribution in [0.4, 0.5) is 5.69 Å². The van der Waals surface area contributed by atoms with E-state index < -0.39 is 28.5 Å². The average Bonchev–Trinajstić information content (AvgIpc) is 2.92. The predicted molar refractivity (Wildman–Crippen MR) is 153 cm³/mol. The summed E-state index contributed by atoms with van der Waals surface area (Å²) < 4.78 is 33.9. The molecule has 3 aromatic carbocycles. The fourth-order valence-corrected chi connectivity index (χ4v) is 5.74. The third-order valence-corrected chi connectivity index (χ3v) is 8.24. The number of nitrogens with one attached hydrogen (secondary N) is 1. The van der Waals surface area contributed by atoms with Gasteiger partial charge < -0.3 is 15.0 Å². The molecule has 1 atom stereocenters. The van der Waals surface area contributed by atoms with Crippen LogP contribution in [0.2, 0.25) is 5.02 Å². The average molecular weight is 572 g/mol. The Hall–Kier alpha value is -3.56. The monoisotopic (exact) mass is 571 g/mol. The summed E-state index contributed by atoms with van der Waals surface area (Å²) in [5, 5.41) is 3.31. The topological polar surface area (TPSA) is 96.0 Å². The fraction of sp³-hybridized carbons (Fsp3) is 0.310. The van der Waals surface area contributed by atoms with Crippen LogP contribution in [0.1, 0.15) is 32.8 Å². The Morgan fingerprint density at radius 1 is 0.949 bits per heavy atom. The number of hydrogen-bond acceptors (Lipinski definition) is 5. The Morgan fingerprint density at radius 2 is 1.56 bits per heavy atom. The van der Waals surface area contributed by atoms with Gasteiger partial charge >= 0.3 is 0 Å². The van der Waals surface area contributed by atoms with E-state index in [2.05, 4.69) is 5.32 Å². The normalized spacial score (nSPS) is 12.1. The van der Waals surface area contributed by atoms with Crippen molar-refractivity contribution in [2.45, 2.75) is 50.7 Å². The van der Waals surface area contributed by atoms with Crippen LogP contribution in [0.15, 0.2) is 83.8 Å². The van der Waals surface area contributed by atoms with Gasteiger partial charge in [-0.1, -0.05) is 54.9 Å². The van der Waals surface area contributed by atoms with Crippen molar-refractivity contribution in [1.29, 1.82) is 0 Å². The van der Waals surface area contributed by atoms with Crippen LogP contribution in [-0.2, 0) is 26.2 Å². The molecule has 0 saturated heterocycles. The van der Waals surface area contributed by atoms with Gasteiger partial charge in [0, 0.05) is 17.6 Å². The molecular formula is C29H34ClN3O5S. The van der Waals surface area contributed by atoms with Crippen LogP contribution in [-0.4, -0.2) is 50.9 Å². The molecule has 3 aromatic rings.